The predicted molar refractivity (Wildman–Crippen MR) is 81.9 cm³/mol. The van der Waals surface area contributed by atoms with Crippen LogP contribution in [0.25, 0.3) is 0 Å². The van der Waals surface area contributed by atoms with E-state index in [1.54, 1.807) is 6.07 Å². The zero-order valence-electron chi connectivity index (χ0n) is 10.4. The highest BCUT2D eigenvalue weighted by molar-refractivity contribution is 9.10. The standard InChI is InChI=1S/C14H8BrCl2FO3/c15-10-3-7(1-2-12(10)18)6-21-13-9(14(19)20)4-8(16)5-11(13)17/h1-5H,6H2,(H,19,20). The number of hydrogen-bond donors (Lipinski definition) is 1. The normalized spacial score (nSPS) is 10.5. The zero-order chi connectivity index (χ0) is 15.6. The van der Waals surface area contributed by atoms with Crippen molar-refractivity contribution in [1.82, 2.24) is 0 Å². The molecular formula is C14H8BrCl2FO3. The van der Waals surface area contributed by atoms with Gasteiger partial charge in [-0.2, -0.15) is 0 Å². The van der Waals surface area contributed by atoms with Gasteiger partial charge in [0, 0.05) is 5.02 Å². The summed E-state index contributed by atoms with van der Waals surface area (Å²) in [4.78, 5) is 11.2. The average Bonchev–Trinajstić information content (AvgIpc) is 2.40. The van der Waals surface area contributed by atoms with Crippen LogP contribution in [0.4, 0.5) is 4.39 Å². The number of carboxylic acid groups (broad SMARTS) is 1. The molecule has 0 saturated carbocycles. The van der Waals surface area contributed by atoms with Crippen LogP contribution >= 0.6 is 39.1 Å². The fourth-order valence-corrected chi connectivity index (χ4v) is 2.63. The van der Waals surface area contributed by atoms with E-state index < -0.39 is 11.8 Å². The maximum absolute atomic E-state index is 13.1. The number of ether oxygens (including phenoxy) is 1. The Morgan fingerprint density at radius 2 is 2.00 bits per heavy atom. The molecule has 110 valence electrons. The van der Waals surface area contributed by atoms with Crippen LogP contribution in [0.5, 0.6) is 5.75 Å². The molecule has 0 amide bonds. The fourth-order valence-electron chi connectivity index (χ4n) is 1.65. The molecule has 0 aromatic heterocycles. The quantitative estimate of drug-likeness (QED) is 0.779. The lowest BCUT2D eigenvalue weighted by Crippen LogP contribution is -2.04. The molecule has 0 aliphatic carbocycles. The zero-order valence-corrected chi connectivity index (χ0v) is 13.5. The third-order valence-corrected chi connectivity index (χ3v) is 3.71. The molecule has 0 unspecified atom stereocenters. The summed E-state index contributed by atoms with van der Waals surface area (Å²) in [7, 11) is 0. The summed E-state index contributed by atoms with van der Waals surface area (Å²) in [5.41, 5.74) is 0.527. The SMILES string of the molecule is O=C(O)c1cc(Cl)cc(Cl)c1OCc1ccc(F)c(Br)c1. The lowest BCUT2D eigenvalue weighted by atomic mass is 10.2. The Morgan fingerprint density at radius 3 is 2.62 bits per heavy atom. The molecule has 0 fully saturated rings. The minimum absolute atomic E-state index is 0.0222. The van der Waals surface area contributed by atoms with Gasteiger partial charge in [-0.1, -0.05) is 29.3 Å². The molecule has 2 rings (SSSR count). The molecule has 0 atom stereocenters. The molecule has 3 nitrogen and oxygen atoms in total. The highest BCUT2D eigenvalue weighted by Gasteiger charge is 2.17. The van der Waals surface area contributed by atoms with Gasteiger partial charge in [-0.05, 0) is 45.8 Å². The topological polar surface area (TPSA) is 46.5 Å². The van der Waals surface area contributed by atoms with Crippen molar-refractivity contribution in [2.75, 3.05) is 0 Å². The van der Waals surface area contributed by atoms with Crippen LogP contribution in [0.15, 0.2) is 34.8 Å². The van der Waals surface area contributed by atoms with Gasteiger partial charge in [0.25, 0.3) is 0 Å². The summed E-state index contributed by atoms with van der Waals surface area (Å²) < 4.78 is 18.9. The van der Waals surface area contributed by atoms with Crippen LogP contribution in [0.2, 0.25) is 10.0 Å². The van der Waals surface area contributed by atoms with Gasteiger partial charge in [-0.25, -0.2) is 9.18 Å². The first-order valence-electron chi connectivity index (χ1n) is 5.67. The van der Waals surface area contributed by atoms with Gasteiger partial charge in [0.2, 0.25) is 0 Å². The molecule has 7 heteroatoms. The summed E-state index contributed by atoms with van der Waals surface area (Å²) in [6, 6.07) is 7.01. The van der Waals surface area contributed by atoms with Gasteiger partial charge in [-0.3, -0.25) is 0 Å². The number of carboxylic acids is 1. The summed E-state index contributed by atoms with van der Waals surface area (Å²) in [6.45, 7) is 0.0422. The summed E-state index contributed by atoms with van der Waals surface area (Å²) in [5.74, 6) is -1.57. The van der Waals surface area contributed by atoms with Crippen LogP contribution in [-0.4, -0.2) is 11.1 Å². The third kappa shape index (κ3) is 3.87. The fraction of sp³-hybridized carbons (Fsp3) is 0.0714. The van der Waals surface area contributed by atoms with Gasteiger partial charge >= 0.3 is 5.97 Å². The second kappa shape index (κ2) is 6.64. The van der Waals surface area contributed by atoms with Crippen molar-refractivity contribution in [3.8, 4) is 5.75 Å². The maximum Gasteiger partial charge on any atom is 0.339 e. The molecule has 2 aromatic carbocycles. The molecule has 0 bridgehead atoms. The Morgan fingerprint density at radius 1 is 1.29 bits per heavy atom. The first kappa shape index (κ1) is 16.1. The molecule has 0 aliphatic rings. The highest BCUT2D eigenvalue weighted by Crippen LogP contribution is 2.33. The van der Waals surface area contributed by atoms with Crippen LogP contribution < -0.4 is 4.74 Å². The van der Waals surface area contributed by atoms with E-state index in [-0.39, 0.29) is 28.0 Å². The van der Waals surface area contributed by atoms with Crippen LogP contribution in [0.1, 0.15) is 15.9 Å². The van der Waals surface area contributed by atoms with E-state index in [1.165, 1.54) is 24.3 Å². The van der Waals surface area contributed by atoms with Gasteiger partial charge < -0.3 is 9.84 Å². The highest BCUT2D eigenvalue weighted by atomic mass is 79.9. The number of aromatic carboxylic acids is 1. The van der Waals surface area contributed by atoms with Gasteiger partial charge in [0.1, 0.15) is 18.0 Å². The number of rotatable bonds is 4. The lowest BCUT2D eigenvalue weighted by Gasteiger charge is -2.12. The van der Waals surface area contributed by atoms with Crippen LogP contribution in [-0.2, 0) is 6.61 Å². The number of carbonyl (C=O) groups is 1. The Kier molecular flexibility index (Phi) is 5.08. The Balaban J connectivity index is 2.27. The van der Waals surface area contributed by atoms with Crippen molar-refractivity contribution in [2.45, 2.75) is 6.61 Å². The minimum Gasteiger partial charge on any atom is -0.486 e. The van der Waals surface area contributed by atoms with Crippen molar-refractivity contribution in [1.29, 1.82) is 0 Å². The van der Waals surface area contributed by atoms with Crippen LogP contribution in [0.3, 0.4) is 0 Å². The molecule has 2 aromatic rings. The van der Waals surface area contributed by atoms with E-state index >= 15 is 0 Å². The number of halogens is 4. The second-order valence-corrected chi connectivity index (χ2v) is 5.80. The maximum atomic E-state index is 13.1. The minimum atomic E-state index is -1.20. The first-order valence-corrected chi connectivity index (χ1v) is 7.22. The van der Waals surface area contributed by atoms with Gasteiger partial charge in [-0.15, -0.1) is 0 Å². The van der Waals surface area contributed by atoms with Gasteiger partial charge in [0.15, 0.2) is 5.75 Å². The number of benzene rings is 2. The number of hydrogen-bond acceptors (Lipinski definition) is 2. The summed E-state index contributed by atoms with van der Waals surface area (Å²) >= 11 is 14.8. The molecule has 0 spiro atoms. The molecule has 0 radical (unpaired) electrons. The third-order valence-electron chi connectivity index (χ3n) is 2.61. The van der Waals surface area contributed by atoms with Crippen molar-refractivity contribution in [3.05, 3.63) is 61.8 Å². The van der Waals surface area contributed by atoms with Gasteiger partial charge in [0.05, 0.1) is 9.50 Å². The monoisotopic (exact) mass is 392 g/mol. The first-order chi connectivity index (χ1) is 9.88. The van der Waals surface area contributed by atoms with E-state index in [0.717, 1.165) is 0 Å². The molecule has 0 heterocycles. The molecular weight excluding hydrogens is 386 g/mol. The van der Waals surface area contributed by atoms with E-state index in [2.05, 4.69) is 15.9 Å². The Labute approximate surface area is 138 Å². The smallest absolute Gasteiger partial charge is 0.339 e. The summed E-state index contributed by atoms with van der Waals surface area (Å²) in [5, 5.41) is 9.44. The molecule has 1 N–H and O–H groups in total. The lowest BCUT2D eigenvalue weighted by molar-refractivity contribution is 0.0691. The van der Waals surface area contributed by atoms with E-state index in [0.29, 0.717) is 10.0 Å². The van der Waals surface area contributed by atoms with Crippen molar-refractivity contribution in [3.63, 3.8) is 0 Å². The van der Waals surface area contributed by atoms with Crippen molar-refractivity contribution < 1.29 is 19.0 Å². The Bertz CT molecular complexity index is 707. The Hall–Kier alpha value is -1.30. The largest absolute Gasteiger partial charge is 0.486 e. The predicted octanol–water partition coefficient (Wildman–Crippen LogP) is 5.17. The molecule has 0 saturated heterocycles. The van der Waals surface area contributed by atoms with Crippen molar-refractivity contribution >= 4 is 45.1 Å². The second-order valence-electron chi connectivity index (χ2n) is 4.11. The van der Waals surface area contributed by atoms with E-state index in [1.807, 2.05) is 0 Å². The van der Waals surface area contributed by atoms with E-state index in [4.69, 9.17) is 33.0 Å². The molecule has 0 aliphatic heterocycles. The van der Waals surface area contributed by atoms with Crippen molar-refractivity contribution in [2.24, 2.45) is 0 Å². The average molecular weight is 394 g/mol. The molecule has 21 heavy (non-hydrogen) atoms. The summed E-state index contributed by atoms with van der Waals surface area (Å²) in [6.07, 6.45) is 0. The van der Waals surface area contributed by atoms with Crippen LogP contribution in [0, 0.1) is 5.82 Å². The van der Waals surface area contributed by atoms with E-state index in [9.17, 15) is 9.18 Å².